The highest BCUT2D eigenvalue weighted by Gasteiger charge is 2.18. The molecule has 0 aromatic heterocycles. The fraction of sp³-hybridized carbons (Fsp3) is 1.00. The molecule has 4 heteroatoms. The van der Waals surface area contributed by atoms with Crippen LogP contribution in [0.15, 0.2) is 0 Å². The maximum atomic E-state index is 5.32. The van der Waals surface area contributed by atoms with Gasteiger partial charge in [-0.05, 0) is 32.4 Å². The SMILES string of the molecule is CN1CCCC(CNN2CCOCC2)C1. The second-order valence-electron chi connectivity index (χ2n) is 4.73. The zero-order valence-corrected chi connectivity index (χ0v) is 9.74. The van der Waals surface area contributed by atoms with E-state index in [0.717, 1.165) is 38.8 Å². The molecule has 0 bridgehead atoms. The Hall–Kier alpha value is -0.160. The van der Waals surface area contributed by atoms with Gasteiger partial charge in [0.2, 0.25) is 0 Å². The van der Waals surface area contributed by atoms with Crippen LogP contribution in [0.3, 0.4) is 0 Å². The molecule has 88 valence electrons. The Balaban J connectivity index is 1.63. The van der Waals surface area contributed by atoms with Crippen molar-refractivity contribution < 1.29 is 4.74 Å². The van der Waals surface area contributed by atoms with E-state index >= 15 is 0 Å². The summed E-state index contributed by atoms with van der Waals surface area (Å²) >= 11 is 0. The predicted molar refractivity (Wildman–Crippen MR) is 60.6 cm³/mol. The molecule has 1 unspecified atom stereocenters. The minimum Gasteiger partial charge on any atom is -0.379 e. The average molecular weight is 213 g/mol. The van der Waals surface area contributed by atoms with Crippen molar-refractivity contribution in [2.75, 3.05) is 53.0 Å². The first-order valence-corrected chi connectivity index (χ1v) is 6.09. The third-order valence-electron chi connectivity index (χ3n) is 3.34. The lowest BCUT2D eigenvalue weighted by molar-refractivity contribution is 0.00711. The summed E-state index contributed by atoms with van der Waals surface area (Å²) < 4.78 is 5.32. The minimum atomic E-state index is 0.826. The molecule has 2 rings (SSSR count). The van der Waals surface area contributed by atoms with Gasteiger partial charge in [-0.1, -0.05) is 0 Å². The van der Waals surface area contributed by atoms with Crippen molar-refractivity contribution in [3.05, 3.63) is 0 Å². The molecule has 2 heterocycles. The predicted octanol–water partition coefficient (Wildman–Crippen LogP) is 0.165. The minimum absolute atomic E-state index is 0.826. The number of ether oxygens (including phenoxy) is 1. The van der Waals surface area contributed by atoms with Crippen molar-refractivity contribution >= 4 is 0 Å². The zero-order chi connectivity index (χ0) is 10.5. The normalized spacial score (nSPS) is 30.6. The van der Waals surface area contributed by atoms with Crippen LogP contribution in [0.4, 0.5) is 0 Å². The van der Waals surface area contributed by atoms with Crippen LogP contribution in [0.5, 0.6) is 0 Å². The van der Waals surface area contributed by atoms with Crippen molar-refractivity contribution in [3.8, 4) is 0 Å². The van der Waals surface area contributed by atoms with Crippen LogP contribution in [0.25, 0.3) is 0 Å². The maximum absolute atomic E-state index is 5.32. The van der Waals surface area contributed by atoms with Crippen LogP contribution in [0.1, 0.15) is 12.8 Å². The van der Waals surface area contributed by atoms with Crippen molar-refractivity contribution in [3.63, 3.8) is 0 Å². The number of hydrogen-bond acceptors (Lipinski definition) is 4. The van der Waals surface area contributed by atoms with Gasteiger partial charge in [0.25, 0.3) is 0 Å². The van der Waals surface area contributed by atoms with Gasteiger partial charge in [0.1, 0.15) is 0 Å². The standard InChI is InChI=1S/C11H23N3O/c1-13-4-2-3-11(10-13)9-12-14-5-7-15-8-6-14/h11-12H,2-10H2,1H3. The topological polar surface area (TPSA) is 27.7 Å². The first kappa shape index (κ1) is 11.3. The Kier molecular flexibility index (Phi) is 4.38. The highest BCUT2D eigenvalue weighted by atomic mass is 16.5. The lowest BCUT2D eigenvalue weighted by Crippen LogP contribution is -2.49. The Morgan fingerprint density at radius 3 is 2.80 bits per heavy atom. The summed E-state index contributed by atoms with van der Waals surface area (Å²) in [6, 6.07) is 0. The molecule has 1 atom stereocenters. The number of nitrogens with zero attached hydrogens (tertiary/aromatic N) is 2. The molecule has 0 saturated carbocycles. The smallest absolute Gasteiger partial charge is 0.0608 e. The third-order valence-corrected chi connectivity index (χ3v) is 3.34. The number of hydrazine groups is 1. The molecule has 2 aliphatic heterocycles. The average Bonchev–Trinajstić information content (AvgIpc) is 2.28. The van der Waals surface area contributed by atoms with E-state index in [1.165, 1.54) is 25.9 Å². The quantitative estimate of drug-likeness (QED) is 0.723. The molecule has 2 saturated heterocycles. The number of nitrogens with one attached hydrogen (secondary N) is 1. The Bertz CT molecular complexity index is 183. The monoisotopic (exact) mass is 213 g/mol. The van der Waals surface area contributed by atoms with Crippen molar-refractivity contribution in [2.45, 2.75) is 12.8 Å². The van der Waals surface area contributed by atoms with E-state index in [9.17, 15) is 0 Å². The van der Waals surface area contributed by atoms with E-state index < -0.39 is 0 Å². The van der Waals surface area contributed by atoms with Crippen molar-refractivity contribution in [1.82, 2.24) is 15.3 Å². The van der Waals surface area contributed by atoms with Gasteiger partial charge in [-0.2, -0.15) is 0 Å². The van der Waals surface area contributed by atoms with E-state index in [1.807, 2.05) is 0 Å². The van der Waals surface area contributed by atoms with E-state index in [1.54, 1.807) is 0 Å². The van der Waals surface area contributed by atoms with E-state index in [0.29, 0.717) is 0 Å². The Morgan fingerprint density at radius 1 is 1.27 bits per heavy atom. The largest absolute Gasteiger partial charge is 0.379 e. The Morgan fingerprint density at radius 2 is 2.07 bits per heavy atom. The number of piperidine rings is 1. The maximum Gasteiger partial charge on any atom is 0.0608 e. The summed E-state index contributed by atoms with van der Waals surface area (Å²) in [7, 11) is 2.22. The van der Waals surface area contributed by atoms with Gasteiger partial charge in [-0.3, -0.25) is 5.43 Å². The number of likely N-dealkylation sites (tertiary alicyclic amines) is 1. The van der Waals surface area contributed by atoms with Crippen LogP contribution in [-0.2, 0) is 4.74 Å². The molecule has 1 N–H and O–H groups in total. The van der Waals surface area contributed by atoms with E-state index in [2.05, 4.69) is 22.4 Å². The van der Waals surface area contributed by atoms with Gasteiger partial charge in [0.05, 0.1) is 13.2 Å². The van der Waals surface area contributed by atoms with E-state index in [4.69, 9.17) is 4.74 Å². The third kappa shape index (κ3) is 3.72. The molecular formula is C11H23N3O. The fourth-order valence-electron chi connectivity index (χ4n) is 2.42. The molecule has 2 fully saturated rings. The molecule has 0 spiro atoms. The van der Waals surface area contributed by atoms with Crippen LogP contribution in [-0.4, -0.2) is 62.9 Å². The van der Waals surface area contributed by atoms with Gasteiger partial charge >= 0.3 is 0 Å². The number of rotatable bonds is 3. The van der Waals surface area contributed by atoms with Gasteiger partial charge < -0.3 is 9.64 Å². The second kappa shape index (κ2) is 5.80. The summed E-state index contributed by atoms with van der Waals surface area (Å²) in [6.45, 7) is 7.45. The lowest BCUT2D eigenvalue weighted by atomic mass is 9.99. The number of hydrogen-bond donors (Lipinski definition) is 1. The first-order chi connectivity index (χ1) is 7.34. The molecule has 0 aromatic rings. The zero-order valence-electron chi connectivity index (χ0n) is 9.74. The molecular weight excluding hydrogens is 190 g/mol. The highest BCUT2D eigenvalue weighted by Crippen LogP contribution is 2.14. The highest BCUT2D eigenvalue weighted by molar-refractivity contribution is 4.72. The summed E-state index contributed by atoms with van der Waals surface area (Å²) in [4.78, 5) is 2.44. The summed E-state index contributed by atoms with van der Waals surface area (Å²) in [6.07, 6.45) is 2.73. The van der Waals surface area contributed by atoms with Crippen molar-refractivity contribution in [1.29, 1.82) is 0 Å². The molecule has 15 heavy (non-hydrogen) atoms. The van der Waals surface area contributed by atoms with Gasteiger partial charge in [-0.15, -0.1) is 0 Å². The molecule has 0 radical (unpaired) electrons. The lowest BCUT2D eigenvalue weighted by Gasteiger charge is -2.33. The van der Waals surface area contributed by atoms with Crippen LogP contribution < -0.4 is 5.43 Å². The summed E-state index contributed by atoms with van der Waals surface area (Å²) in [5.74, 6) is 0.826. The fourth-order valence-corrected chi connectivity index (χ4v) is 2.42. The van der Waals surface area contributed by atoms with Crippen LogP contribution in [0, 0.1) is 5.92 Å². The summed E-state index contributed by atoms with van der Waals surface area (Å²) in [5.41, 5.74) is 3.54. The van der Waals surface area contributed by atoms with Crippen molar-refractivity contribution in [2.24, 2.45) is 5.92 Å². The van der Waals surface area contributed by atoms with Gasteiger partial charge in [0, 0.05) is 26.2 Å². The summed E-state index contributed by atoms with van der Waals surface area (Å²) in [5, 5.41) is 2.30. The second-order valence-corrected chi connectivity index (χ2v) is 4.73. The van der Waals surface area contributed by atoms with Gasteiger partial charge in [-0.25, -0.2) is 5.01 Å². The van der Waals surface area contributed by atoms with Crippen LogP contribution in [0.2, 0.25) is 0 Å². The molecule has 0 aromatic carbocycles. The first-order valence-electron chi connectivity index (χ1n) is 6.09. The molecule has 2 aliphatic rings. The van der Waals surface area contributed by atoms with Gasteiger partial charge in [0.15, 0.2) is 0 Å². The Labute approximate surface area is 92.5 Å². The van der Waals surface area contributed by atoms with Crippen LogP contribution >= 0.6 is 0 Å². The molecule has 0 aliphatic carbocycles. The molecule has 0 amide bonds. The number of morpholine rings is 1. The van der Waals surface area contributed by atoms with E-state index in [-0.39, 0.29) is 0 Å². The molecule has 4 nitrogen and oxygen atoms in total.